The van der Waals surface area contributed by atoms with Crippen molar-refractivity contribution < 1.29 is 8.83 Å². The summed E-state index contributed by atoms with van der Waals surface area (Å²) in [6.07, 6.45) is 0. The second-order valence-corrected chi connectivity index (χ2v) is 18.4. The molecule has 0 saturated heterocycles. The molecule has 3 heterocycles. The number of nitrogens with zero attached hydrogens (tertiary/aromatic N) is 2. The number of anilines is 3. The fourth-order valence-electron chi connectivity index (χ4n) is 11.5. The van der Waals surface area contributed by atoms with Crippen LogP contribution in [-0.2, 0) is 5.41 Å². The smallest absolute Gasteiger partial charge is 0.145 e. The van der Waals surface area contributed by atoms with Gasteiger partial charge in [-0.15, -0.1) is 0 Å². The van der Waals surface area contributed by atoms with Crippen LogP contribution in [0.4, 0.5) is 17.1 Å². The molecule has 4 heteroatoms. The molecule has 0 fully saturated rings. The lowest BCUT2D eigenvalue weighted by Crippen LogP contribution is -2.21. The molecular weight excluding hydrogens is 817 g/mol. The Balaban J connectivity index is 1.03. The minimum absolute atomic E-state index is 0.286. The molecule has 0 atom stereocenters. The van der Waals surface area contributed by atoms with Crippen molar-refractivity contribution in [3.05, 3.63) is 230 Å². The molecule has 0 aliphatic heterocycles. The van der Waals surface area contributed by atoms with Crippen LogP contribution in [0.25, 0.3) is 105 Å². The minimum Gasteiger partial charge on any atom is -0.456 e. The van der Waals surface area contributed by atoms with Crippen molar-refractivity contribution in [2.75, 3.05) is 4.90 Å². The predicted molar refractivity (Wildman–Crippen MR) is 278 cm³/mol. The molecule has 4 nitrogen and oxygen atoms in total. The van der Waals surface area contributed by atoms with Crippen molar-refractivity contribution in [2.45, 2.75) is 19.3 Å². The van der Waals surface area contributed by atoms with E-state index >= 15 is 0 Å². The van der Waals surface area contributed by atoms with Crippen LogP contribution in [0.3, 0.4) is 0 Å². The molecule has 1 aliphatic rings. The van der Waals surface area contributed by atoms with Gasteiger partial charge in [-0.2, -0.15) is 0 Å². The third-order valence-electron chi connectivity index (χ3n) is 14.4. The number of rotatable bonds is 6. The van der Waals surface area contributed by atoms with E-state index in [0.29, 0.717) is 0 Å². The molecule has 1 aliphatic carbocycles. The summed E-state index contributed by atoms with van der Waals surface area (Å²) in [5.41, 5.74) is 19.4. The Morgan fingerprint density at radius 1 is 0.373 bits per heavy atom. The maximum Gasteiger partial charge on any atom is 0.145 e. The topological polar surface area (TPSA) is 34.5 Å². The van der Waals surface area contributed by atoms with Gasteiger partial charge in [0.05, 0.1) is 33.5 Å². The predicted octanol–water partition coefficient (Wildman–Crippen LogP) is 17.7. The Bertz CT molecular complexity index is 4090. The highest BCUT2D eigenvalue weighted by Gasteiger charge is 2.39. The van der Waals surface area contributed by atoms with Crippen molar-refractivity contribution >= 4 is 82.7 Å². The second-order valence-electron chi connectivity index (χ2n) is 18.4. The molecule has 0 spiro atoms. The van der Waals surface area contributed by atoms with E-state index in [4.69, 9.17) is 8.83 Å². The number of hydrogen-bond acceptors (Lipinski definition) is 3. The van der Waals surface area contributed by atoms with Crippen LogP contribution in [0.5, 0.6) is 0 Å². The molecule has 0 saturated carbocycles. The van der Waals surface area contributed by atoms with Gasteiger partial charge in [0.25, 0.3) is 0 Å². The van der Waals surface area contributed by atoms with Crippen LogP contribution in [0, 0.1) is 0 Å². The van der Waals surface area contributed by atoms with Gasteiger partial charge in [-0.05, 0) is 100 Å². The summed E-state index contributed by atoms with van der Waals surface area (Å²) in [7, 11) is 0. The highest BCUT2D eigenvalue weighted by molar-refractivity contribution is 6.19. The van der Waals surface area contributed by atoms with Gasteiger partial charge in [0.1, 0.15) is 22.3 Å². The molecule has 14 rings (SSSR count). The third kappa shape index (κ3) is 5.41. The van der Waals surface area contributed by atoms with E-state index in [1.54, 1.807) is 0 Å². The average molecular weight is 859 g/mol. The Labute approximate surface area is 387 Å². The molecule has 13 aromatic rings. The molecule has 0 radical (unpaired) electrons. The number of para-hydroxylation sites is 5. The molecule has 3 aromatic heterocycles. The lowest BCUT2D eigenvalue weighted by atomic mass is 9.81. The molecule has 316 valence electrons. The van der Waals surface area contributed by atoms with Crippen LogP contribution in [0.15, 0.2) is 227 Å². The van der Waals surface area contributed by atoms with Crippen molar-refractivity contribution in [3.8, 4) is 39.1 Å². The number of hydrogen-bond donors (Lipinski definition) is 0. The first-order chi connectivity index (χ1) is 33.0. The molecule has 0 unspecified atom stereocenters. The van der Waals surface area contributed by atoms with E-state index in [2.05, 4.69) is 236 Å². The highest BCUT2D eigenvalue weighted by Crippen LogP contribution is 2.57. The largest absolute Gasteiger partial charge is 0.456 e. The normalized spacial score (nSPS) is 13.0. The van der Waals surface area contributed by atoms with Gasteiger partial charge in [0.2, 0.25) is 0 Å². The zero-order valence-corrected chi connectivity index (χ0v) is 37.0. The van der Waals surface area contributed by atoms with Crippen LogP contribution >= 0.6 is 0 Å². The van der Waals surface area contributed by atoms with Crippen LogP contribution in [-0.4, -0.2) is 4.57 Å². The van der Waals surface area contributed by atoms with Crippen molar-refractivity contribution in [2.24, 2.45) is 0 Å². The van der Waals surface area contributed by atoms with E-state index in [9.17, 15) is 0 Å². The zero-order chi connectivity index (χ0) is 44.4. The summed E-state index contributed by atoms with van der Waals surface area (Å²) in [6, 6.07) is 78.8. The van der Waals surface area contributed by atoms with Gasteiger partial charge < -0.3 is 18.3 Å². The maximum atomic E-state index is 7.07. The summed E-state index contributed by atoms with van der Waals surface area (Å²) in [6.45, 7) is 4.75. The minimum atomic E-state index is -0.286. The monoisotopic (exact) mass is 858 g/mol. The number of aromatic nitrogens is 1. The number of benzene rings is 10. The summed E-state index contributed by atoms with van der Waals surface area (Å²) in [5.74, 6) is 0. The highest BCUT2D eigenvalue weighted by atomic mass is 16.3. The lowest BCUT2D eigenvalue weighted by molar-refractivity contribution is 0.661. The third-order valence-corrected chi connectivity index (χ3v) is 14.4. The average Bonchev–Trinajstić information content (AvgIpc) is 4.12. The van der Waals surface area contributed by atoms with E-state index < -0.39 is 0 Å². The molecular formula is C63H42N2O2. The molecule has 0 N–H and O–H groups in total. The molecule has 10 aromatic carbocycles. The maximum absolute atomic E-state index is 7.07. The standard InChI is InChI=1S/C63H42N2O2/c1-63(2)50-25-9-3-17-42(50)47-24-15-29-55(61(47)63)65(53-28-12-6-20-45(53)46-23-16-32-58-59(46)48-21-7-13-30-56(48)66-58)54-38-37-41(62-60(54)49-22-8-14-31-57(49)67-62)39-33-35-40(36-34-39)64-51-26-10-4-18-43(51)44-19-5-11-27-52(44)64/h3-38H,1-2H3. The van der Waals surface area contributed by atoms with Gasteiger partial charge in [0.15, 0.2) is 0 Å². The Morgan fingerprint density at radius 3 is 1.69 bits per heavy atom. The quantitative estimate of drug-likeness (QED) is 0.167. The number of fused-ring (bicyclic) bond motifs is 12. The number of furan rings is 2. The first kappa shape index (κ1) is 37.7. The molecule has 0 bridgehead atoms. The van der Waals surface area contributed by atoms with Gasteiger partial charge in [-0.25, -0.2) is 0 Å². The van der Waals surface area contributed by atoms with E-state index in [1.807, 2.05) is 6.07 Å². The summed E-state index contributed by atoms with van der Waals surface area (Å²) >= 11 is 0. The second kappa shape index (κ2) is 14.2. The van der Waals surface area contributed by atoms with Gasteiger partial charge >= 0.3 is 0 Å². The van der Waals surface area contributed by atoms with E-state index in [1.165, 1.54) is 44.1 Å². The van der Waals surface area contributed by atoms with Crippen LogP contribution in [0.1, 0.15) is 25.0 Å². The summed E-state index contributed by atoms with van der Waals surface area (Å²) in [4.78, 5) is 2.52. The molecule has 0 amide bonds. The van der Waals surface area contributed by atoms with Gasteiger partial charge in [-0.1, -0.05) is 166 Å². The Hall–Kier alpha value is -8.60. The zero-order valence-electron chi connectivity index (χ0n) is 37.0. The lowest BCUT2D eigenvalue weighted by Gasteiger charge is -2.34. The van der Waals surface area contributed by atoms with Gasteiger partial charge in [0, 0.05) is 49.2 Å². The van der Waals surface area contributed by atoms with Crippen LogP contribution < -0.4 is 4.90 Å². The van der Waals surface area contributed by atoms with Crippen molar-refractivity contribution in [1.29, 1.82) is 0 Å². The van der Waals surface area contributed by atoms with Crippen LogP contribution in [0.2, 0.25) is 0 Å². The first-order valence-electron chi connectivity index (χ1n) is 23.1. The van der Waals surface area contributed by atoms with Crippen molar-refractivity contribution in [3.63, 3.8) is 0 Å². The summed E-state index contributed by atoms with van der Waals surface area (Å²) < 4.78 is 15.9. The first-order valence-corrected chi connectivity index (χ1v) is 23.1. The Kier molecular flexibility index (Phi) is 8.00. The van der Waals surface area contributed by atoms with Gasteiger partial charge in [-0.3, -0.25) is 0 Å². The van der Waals surface area contributed by atoms with E-state index in [0.717, 1.165) is 88.9 Å². The van der Waals surface area contributed by atoms with Crippen molar-refractivity contribution in [1.82, 2.24) is 4.57 Å². The fraction of sp³-hybridized carbons (Fsp3) is 0.0476. The van der Waals surface area contributed by atoms with E-state index in [-0.39, 0.29) is 5.41 Å². The molecule has 67 heavy (non-hydrogen) atoms. The SMILES string of the molecule is CC1(C)c2ccccc2-c2cccc(N(c3ccccc3-c3cccc4oc5ccccc5c34)c3ccc(-c4ccc(-n5c6ccccc6c6ccccc65)cc4)c4oc5ccccc5c34)c21. The summed E-state index contributed by atoms with van der Waals surface area (Å²) in [5, 5.41) is 6.83. The fourth-order valence-corrected chi connectivity index (χ4v) is 11.5. The Morgan fingerprint density at radius 2 is 0.925 bits per heavy atom.